The lowest BCUT2D eigenvalue weighted by Crippen LogP contribution is -2.09. The van der Waals surface area contributed by atoms with Gasteiger partial charge in [-0.3, -0.25) is 0 Å². The number of halogens is 7. The predicted molar refractivity (Wildman–Crippen MR) is 72.4 cm³/mol. The van der Waals surface area contributed by atoms with Gasteiger partial charge in [0.2, 0.25) is 0 Å². The van der Waals surface area contributed by atoms with Crippen LogP contribution in [0.1, 0.15) is 11.1 Å². The quantitative estimate of drug-likeness (QED) is 0.345. The second-order valence-electron chi connectivity index (χ2n) is 4.10. The van der Waals surface area contributed by atoms with Crippen molar-refractivity contribution in [2.24, 2.45) is 0 Å². The fraction of sp³-hybridized carbons (Fsp3) is 0.154. The first-order valence-electron chi connectivity index (χ1n) is 5.50. The molecule has 1 nitrogen and oxygen atoms in total. The van der Waals surface area contributed by atoms with Gasteiger partial charge >= 0.3 is 12.4 Å². The average Bonchev–Trinajstić information content (AvgIpc) is 2.36. The van der Waals surface area contributed by atoms with Crippen molar-refractivity contribution < 1.29 is 26.3 Å². The lowest BCUT2D eigenvalue weighted by Gasteiger charge is -2.14. The Hall–Kier alpha value is -1.32. The number of hydrogen-bond acceptors (Lipinski definition) is 1. The molecule has 1 aromatic heterocycles. The van der Waals surface area contributed by atoms with E-state index < -0.39 is 23.5 Å². The highest BCUT2D eigenvalue weighted by molar-refractivity contribution is 14.1. The summed E-state index contributed by atoms with van der Waals surface area (Å²) in [5.41, 5.74) is -2.03. The van der Waals surface area contributed by atoms with Crippen LogP contribution >= 0.6 is 22.6 Å². The molecule has 0 aliphatic heterocycles. The Kier molecular flexibility index (Phi) is 4.18. The molecule has 0 amide bonds. The number of aromatic nitrogens is 1. The summed E-state index contributed by atoms with van der Waals surface area (Å²) in [5, 5.41) is 0. The van der Waals surface area contributed by atoms with Gasteiger partial charge in [0.25, 0.3) is 0 Å². The van der Waals surface area contributed by atoms with Gasteiger partial charge in [0.05, 0.1) is 11.1 Å². The van der Waals surface area contributed by atoms with Gasteiger partial charge in [-0.25, -0.2) is 4.98 Å². The van der Waals surface area contributed by atoms with Crippen LogP contribution < -0.4 is 0 Å². The Labute approximate surface area is 129 Å². The molecule has 0 fully saturated rings. The average molecular weight is 417 g/mol. The molecule has 1 heterocycles. The normalized spacial score (nSPS) is 12.5. The minimum Gasteiger partial charge on any atom is -0.250 e. The molecule has 0 aliphatic carbocycles. The van der Waals surface area contributed by atoms with Crippen LogP contribution in [-0.2, 0) is 12.4 Å². The summed E-state index contributed by atoms with van der Waals surface area (Å²) in [6, 6.07) is 4.32. The SMILES string of the molecule is FC(F)(F)c1ccc(-c2c(C(F)(F)F)ccnc2I)cc1. The van der Waals surface area contributed by atoms with Crippen LogP contribution in [0.5, 0.6) is 0 Å². The zero-order chi connectivity index (χ0) is 15.8. The molecular formula is C13H6F6IN. The first kappa shape index (κ1) is 16.1. The highest BCUT2D eigenvalue weighted by atomic mass is 127. The smallest absolute Gasteiger partial charge is 0.250 e. The molecule has 0 bridgehead atoms. The number of nitrogens with zero attached hydrogens (tertiary/aromatic N) is 1. The highest BCUT2D eigenvalue weighted by Crippen LogP contribution is 2.39. The van der Waals surface area contributed by atoms with E-state index >= 15 is 0 Å². The molecule has 0 spiro atoms. The lowest BCUT2D eigenvalue weighted by atomic mass is 10.0. The summed E-state index contributed by atoms with van der Waals surface area (Å²) >= 11 is 1.62. The molecule has 0 saturated heterocycles. The fourth-order valence-electron chi connectivity index (χ4n) is 1.77. The maximum Gasteiger partial charge on any atom is 0.417 e. The number of benzene rings is 1. The molecule has 2 rings (SSSR count). The molecule has 0 N–H and O–H groups in total. The number of pyridine rings is 1. The second-order valence-corrected chi connectivity index (χ2v) is 5.12. The van der Waals surface area contributed by atoms with Gasteiger partial charge in [0.1, 0.15) is 3.70 Å². The third-order valence-electron chi connectivity index (χ3n) is 2.71. The third kappa shape index (κ3) is 3.47. The van der Waals surface area contributed by atoms with Crippen LogP contribution in [0.3, 0.4) is 0 Å². The highest BCUT2D eigenvalue weighted by Gasteiger charge is 2.35. The van der Waals surface area contributed by atoms with E-state index in [4.69, 9.17) is 0 Å². The van der Waals surface area contributed by atoms with Gasteiger partial charge in [-0.05, 0) is 46.4 Å². The Balaban J connectivity index is 2.57. The lowest BCUT2D eigenvalue weighted by molar-refractivity contribution is -0.138. The van der Waals surface area contributed by atoms with Crippen LogP contribution in [0.15, 0.2) is 36.5 Å². The molecule has 21 heavy (non-hydrogen) atoms. The van der Waals surface area contributed by atoms with E-state index in [2.05, 4.69) is 4.98 Å². The molecule has 112 valence electrons. The maximum atomic E-state index is 13.0. The van der Waals surface area contributed by atoms with Crippen molar-refractivity contribution in [2.75, 3.05) is 0 Å². The zero-order valence-electron chi connectivity index (χ0n) is 10.1. The van der Waals surface area contributed by atoms with E-state index in [1.807, 2.05) is 0 Å². The van der Waals surface area contributed by atoms with Crippen molar-refractivity contribution in [1.82, 2.24) is 4.98 Å². The minimum absolute atomic E-state index is 0.0350. The molecule has 0 atom stereocenters. The predicted octanol–water partition coefficient (Wildman–Crippen LogP) is 5.39. The van der Waals surface area contributed by atoms with Crippen molar-refractivity contribution in [1.29, 1.82) is 0 Å². The van der Waals surface area contributed by atoms with Crippen LogP contribution in [0.2, 0.25) is 0 Å². The summed E-state index contributed by atoms with van der Waals surface area (Å²) in [7, 11) is 0. The zero-order valence-corrected chi connectivity index (χ0v) is 12.2. The number of alkyl halides is 6. The Morgan fingerprint density at radius 2 is 1.38 bits per heavy atom. The maximum absolute atomic E-state index is 13.0. The molecule has 0 radical (unpaired) electrons. The van der Waals surface area contributed by atoms with Crippen molar-refractivity contribution >= 4 is 22.6 Å². The Morgan fingerprint density at radius 1 is 0.810 bits per heavy atom. The Bertz CT molecular complexity index is 645. The van der Waals surface area contributed by atoms with E-state index in [1.54, 1.807) is 22.6 Å². The van der Waals surface area contributed by atoms with E-state index in [1.165, 1.54) is 0 Å². The Morgan fingerprint density at radius 3 is 1.86 bits per heavy atom. The molecule has 0 saturated carbocycles. The van der Waals surface area contributed by atoms with E-state index in [-0.39, 0.29) is 14.8 Å². The summed E-state index contributed by atoms with van der Waals surface area (Å²) < 4.78 is 76.4. The molecule has 0 unspecified atom stereocenters. The van der Waals surface area contributed by atoms with Crippen LogP contribution in [0.25, 0.3) is 11.1 Å². The minimum atomic E-state index is -4.61. The van der Waals surface area contributed by atoms with Crippen molar-refractivity contribution in [2.45, 2.75) is 12.4 Å². The van der Waals surface area contributed by atoms with Gasteiger partial charge in [-0.15, -0.1) is 0 Å². The molecule has 2 aromatic rings. The summed E-state index contributed by atoms with van der Waals surface area (Å²) in [4.78, 5) is 3.77. The second kappa shape index (κ2) is 5.47. The topological polar surface area (TPSA) is 12.9 Å². The monoisotopic (exact) mass is 417 g/mol. The standard InChI is InChI=1S/C13H6F6IN/c14-12(15,16)8-3-1-7(2-4-8)10-9(13(17,18)19)5-6-21-11(10)20/h1-6H. The molecular weight excluding hydrogens is 411 g/mol. The van der Waals surface area contributed by atoms with Crippen molar-refractivity contribution in [3.8, 4) is 11.1 Å². The van der Waals surface area contributed by atoms with Gasteiger partial charge < -0.3 is 0 Å². The molecule has 1 aromatic carbocycles. The van der Waals surface area contributed by atoms with E-state index in [0.29, 0.717) is 0 Å². The van der Waals surface area contributed by atoms with Crippen LogP contribution in [-0.4, -0.2) is 4.98 Å². The third-order valence-corrected chi connectivity index (χ3v) is 3.53. The molecule has 8 heteroatoms. The van der Waals surface area contributed by atoms with Gasteiger partial charge in [0.15, 0.2) is 0 Å². The van der Waals surface area contributed by atoms with Gasteiger partial charge in [-0.2, -0.15) is 26.3 Å². The van der Waals surface area contributed by atoms with Crippen molar-refractivity contribution in [3.63, 3.8) is 0 Å². The first-order chi connectivity index (χ1) is 9.60. The fourth-order valence-corrected chi connectivity index (χ4v) is 2.54. The van der Waals surface area contributed by atoms with Crippen molar-refractivity contribution in [3.05, 3.63) is 51.4 Å². The van der Waals surface area contributed by atoms with Crippen LogP contribution in [0, 0.1) is 3.70 Å². The molecule has 0 aliphatic rings. The van der Waals surface area contributed by atoms with E-state index in [0.717, 1.165) is 36.5 Å². The van der Waals surface area contributed by atoms with Gasteiger partial charge in [-0.1, -0.05) is 12.1 Å². The largest absolute Gasteiger partial charge is 0.417 e. The summed E-state index contributed by atoms with van der Waals surface area (Å²) in [6.45, 7) is 0. The van der Waals surface area contributed by atoms with Gasteiger partial charge in [0, 0.05) is 11.8 Å². The summed E-state index contributed by atoms with van der Waals surface area (Å²) in [6.07, 6.45) is -8.13. The summed E-state index contributed by atoms with van der Waals surface area (Å²) in [5.74, 6) is 0. The number of rotatable bonds is 1. The first-order valence-corrected chi connectivity index (χ1v) is 6.58. The van der Waals surface area contributed by atoms with Crippen LogP contribution in [0.4, 0.5) is 26.3 Å². The number of hydrogen-bond donors (Lipinski definition) is 0. The van der Waals surface area contributed by atoms with E-state index in [9.17, 15) is 26.3 Å².